The molecule has 1 amide bonds. The van der Waals surface area contributed by atoms with E-state index < -0.39 is 34.2 Å². The summed E-state index contributed by atoms with van der Waals surface area (Å²) in [5, 5.41) is 2.82. The number of benzene rings is 3. The van der Waals surface area contributed by atoms with Crippen molar-refractivity contribution < 1.29 is 31.1 Å². The maximum absolute atomic E-state index is 13.3. The molecule has 34 heavy (non-hydrogen) atoms. The van der Waals surface area contributed by atoms with E-state index in [1.54, 1.807) is 24.3 Å². The largest absolute Gasteiger partial charge is 0.494 e. The number of ether oxygens (including phenoxy) is 1. The van der Waals surface area contributed by atoms with Gasteiger partial charge in [-0.1, -0.05) is 17.7 Å². The molecule has 0 aliphatic heterocycles. The van der Waals surface area contributed by atoms with Gasteiger partial charge in [0.25, 0.3) is 10.0 Å². The highest BCUT2D eigenvalue weighted by molar-refractivity contribution is 7.92. The van der Waals surface area contributed by atoms with Crippen LogP contribution < -0.4 is 14.4 Å². The van der Waals surface area contributed by atoms with Gasteiger partial charge in [-0.05, 0) is 73.7 Å². The van der Waals surface area contributed by atoms with Gasteiger partial charge in [-0.15, -0.1) is 0 Å². The van der Waals surface area contributed by atoms with Gasteiger partial charge < -0.3 is 10.1 Å². The van der Waals surface area contributed by atoms with Crippen LogP contribution in [0.25, 0.3) is 0 Å². The number of halogens is 4. The number of rotatable bonds is 8. The van der Waals surface area contributed by atoms with Gasteiger partial charge in [0, 0.05) is 10.7 Å². The molecule has 0 bridgehead atoms. The molecule has 0 spiro atoms. The Bertz CT molecular complexity index is 1250. The Labute approximate surface area is 200 Å². The second-order valence-corrected chi connectivity index (χ2v) is 9.32. The highest BCUT2D eigenvalue weighted by Crippen LogP contribution is 2.33. The third-order valence-electron chi connectivity index (χ3n) is 4.60. The van der Waals surface area contributed by atoms with Gasteiger partial charge in [0.05, 0.1) is 22.8 Å². The predicted octanol–water partition coefficient (Wildman–Crippen LogP) is 5.59. The maximum Gasteiger partial charge on any atom is 0.416 e. The van der Waals surface area contributed by atoms with Gasteiger partial charge in [0.15, 0.2) is 0 Å². The van der Waals surface area contributed by atoms with Crippen molar-refractivity contribution in [3.63, 3.8) is 0 Å². The van der Waals surface area contributed by atoms with E-state index in [2.05, 4.69) is 5.32 Å². The van der Waals surface area contributed by atoms with Gasteiger partial charge in [0.2, 0.25) is 5.91 Å². The molecule has 3 aromatic rings. The Morgan fingerprint density at radius 1 is 1.03 bits per heavy atom. The summed E-state index contributed by atoms with van der Waals surface area (Å²) in [5.41, 5.74) is -0.999. The summed E-state index contributed by atoms with van der Waals surface area (Å²) in [6.07, 6.45) is -4.70. The fraction of sp³-hybridized carbons (Fsp3) is 0.174. The minimum atomic E-state index is -4.70. The highest BCUT2D eigenvalue weighted by Gasteiger charge is 2.33. The van der Waals surface area contributed by atoms with Gasteiger partial charge >= 0.3 is 6.18 Å². The Kier molecular flexibility index (Phi) is 7.73. The first-order chi connectivity index (χ1) is 16.0. The number of carbonyl (C=O) groups is 1. The molecule has 0 aliphatic rings. The van der Waals surface area contributed by atoms with Gasteiger partial charge in [-0.2, -0.15) is 13.2 Å². The number of alkyl halides is 3. The molecule has 0 atom stereocenters. The van der Waals surface area contributed by atoms with Crippen LogP contribution in [0.15, 0.2) is 77.7 Å². The summed E-state index contributed by atoms with van der Waals surface area (Å²) in [6, 6.07) is 15.2. The Hall–Kier alpha value is -3.24. The zero-order valence-electron chi connectivity index (χ0n) is 17.8. The van der Waals surface area contributed by atoms with Crippen molar-refractivity contribution in [2.45, 2.75) is 18.0 Å². The number of hydrogen-bond acceptors (Lipinski definition) is 4. The molecule has 3 rings (SSSR count). The normalized spacial score (nSPS) is 11.7. The van der Waals surface area contributed by atoms with Crippen LogP contribution in [0.2, 0.25) is 5.02 Å². The molecule has 0 fully saturated rings. The molecule has 6 nitrogen and oxygen atoms in total. The molecular formula is C23H20ClF3N2O4S. The van der Waals surface area contributed by atoms with E-state index in [1.807, 2.05) is 6.92 Å². The SMILES string of the molecule is CCOc1ccc(NC(=O)CN(c2cccc(C(F)(F)F)c2)S(=O)(=O)c2ccc(Cl)cc2)cc1. The van der Waals surface area contributed by atoms with Crippen LogP contribution in [0.4, 0.5) is 24.5 Å². The van der Waals surface area contributed by atoms with Crippen LogP contribution in [-0.2, 0) is 21.0 Å². The third-order valence-corrected chi connectivity index (χ3v) is 6.64. The van der Waals surface area contributed by atoms with E-state index in [-0.39, 0.29) is 15.6 Å². The van der Waals surface area contributed by atoms with Gasteiger partial charge in [-0.25, -0.2) is 8.42 Å². The fourth-order valence-electron chi connectivity index (χ4n) is 3.02. The molecule has 0 radical (unpaired) electrons. The molecule has 180 valence electrons. The number of hydrogen-bond donors (Lipinski definition) is 1. The van der Waals surface area contributed by atoms with E-state index in [4.69, 9.17) is 16.3 Å². The van der Waals surface area contributed by atoms with Crippen LogP contribution in [0.3, 0.4) is 0 Å². The van der Waals surface area contributed by atoms with E-state index >= 15 is 0 Å². The predicted molar refractivity (Wildman–Crippen MR) is 124 cm³/mol. The van der Waals surface area contributed by atoms with Crippen molar-refractivity contribution in [1.29, 1.82) is 0 Å². The lowest BCUT2D eigenvalue weighted by molar-refractivity contribution is -0.137. The van der Waals surface area contributed by atoms with E-state index in [9.17, 15) is 26.4 Å². The first kappa shape index (κ1) is 25.4. The summed E-state index contributed by atoms with van der Waals surface area (Å²) in [5.74, 6) is -0.171. The van der Waals surface area contributed by atoms with Gasteiger partial charge in [-0.3, -0.25) is 9.10 Å². The van der Waals surface area contributed by atoms with E-state index in [0.29, 0.717) is 28.4 Å². The minimum Gasteiger partial charge on any atom is -0.494 e. The molecule has 0 heterocycles. The molecule has 0 saturated carbocycles. The minimum absolute atomic E-state index is 0.233. The van der Waals surface area contributed by atoms with Crippen LogP contribution in [0, 0.1) is 0 Å². The Balaban J connectivity index is 1.95. The number of sulfonamides is 1. The average molecular weight is 513 g/mol. The van der Waals surface area contributed by atoms with Crippen LogP contribution in [0.1, 0.15) is 12.5 Å². The monoisotopic (exact) mass is 512 g/mol. The van der Waals surface area contributed by atoms with Crippen molar-refractivity contribution in [2.75, 3.05) is 22.8 Å². The smallest absolute Gasteiger partial charge is 0.416 e. The second-order valence-electron chi connectivity index (χ2n) is 7.02. The number of amides is 1. The molecule has 1 N–H and O–H groups in total. The molecule has 11 heteroatoms. The first-order valence-electron chi connectivity index (χ1n) is 9.99. The van der Waals surface area contributed by atoms with Crippen molar-refractivity contribution in [3.05, 3.63) is 83.4 Å². The summed E-state index contributed by atoms with van der Waals surface area (Å²) in [4.78, 5) is 12.5. The quantitative estimate of drug-likeness (QED) is 0.427. The zero-order valence-corrected chi connectivity index (χ0v) is 19.4. The molecule has 0 aromatic heterocycles. The van der Waals surface area contributed by atoms with Crippen molar-refractivity contribution in [1.82, 2.24) is 0 Å². The molecule has 0 saturated heterocycles. The summed E-state index contributed by atoms with van der Waals surface area (Å²) >= 11 is 5.83. The molecule has 0 aliphatic carbocycles. The molecular weight excluding hydrogens is 493 g/mol. The van der Waals surface area contributed by atoms with E-state index in [0.717, 1.165) is 12.1 Å². The average Bonchev–Trinajstić information content (AvgIpc) is 2.79. The highest BCUT2D eigenvalue weighted by atomic mass is 35.5. The van der Waals surface area contributed by atoms with Gasteiger partial charge in [0.1, 0.15) is 12.3 Å². The lowest BCUT2D eigenvalue weighted by Crippen LogP contribution is -2.38. The van der Waals surface area contributed by atoms with Crippen molar-refractivity contribution >= 4 is 38.9 Å². The number of nitrogens with one attached hydrogen (secondary N) is 1. The summed E-state index contributed by atoms with van der Waals surface area (Å²) in [6.45, 7) is 1.51. The lowest BCUT2D eigenvalue weighted by atomic mass is 10.2. The van der Waals surface area contributed by atoms with Crippen LogP contribution >= 0.6 is 11.6 Å². The summed E-state index contributed by atoms with van der Waals surface area (Å²) in [7, 11) is -4.41. The standard InChI is InChI=1S/C23H20ClF3N2O4S/c1-2-33-20-10-8-18(9-11-20)28-22(30)15-29(19-5-3-4-16(14-19)23(25,26)27)34(31,32)21-12-6-17(24)7-13-21/h3-14H,2,15H2,1H3,(H,28,30). The number of nitrogens with zero attached hydrogens (tertiary/aromatic N) is 1. The third kappa shape index (κ3) is 6.21. The second kappa shape index (κ2) is 10.4. The van der Waals surface area contributed by atoms with Crippen molar-refractivity contribution in [3.8, 4) is 5.75 Å². The summed E-state index contributed by atoms with van der Waals surface area (Å²) < 4.78 is 72.4. The Morgan fingerprint density at radius 2 is 1.68 bits per heavy atom. The topological polar surface area (TPSA) is 75.7 Å². The van der Waals surface area contributed by atoms with E-state index in [1.165, 1.54) is 30.3 Å². The van der Waals surface area contributed by atoms with Crippen molar-refractivity contribution in [2.24, 2.45) is 0 Å². The lowest BCUT2D eigenvalue weighted by Gasteiger charge is -2.25. The molecule has 3 aromatic carbocycles. The van der Waals surface area contributed by atoms with Crippen LogP contribution in [0.5, 0.6) is 5.75 Å². The Morgan fingerprint density at radius 3 is 2.26 bits per heavy atom. The number of carbonyl (C=O) groups excluding carboxylic acids is 1. The fourth-order valence-corrected chi connectivity index (χ4v) is 4.56. The van der Waals surface area contributed by atoms with Crippen LogP contribution in [-0.4, -0.2) is 27.5 Å². The zero-order chi connectivity index (χ0) is 24.9. The molecule has 0 unspecified atom stereocenters. The maximum atomic E-state index is 13.3. The first-order valence-corrected chi connectivity index (χ1v) is 11.8. The number of anilines is 2.